The Morgan fingerprint density at radius 1 is 0.778 bits per heavy atom. The standard InChI is InChI=1S/C9H5Br2N.C5H5N/c10-7-4-3-6-2-1-5-12-9(6)8(7)11;1-2-4-6-5-3-1/h1-5H;1-5H. The molecule has 4 heteroatoms. The number of hydrogen-bond donors (Lipinski definition) is 0. The largest absolute Gasteiger partial charge is 0.265 e. The third-order valence-electron chi connectivity index (χ3n) is 2.23. The highest BCUT2D eigenvalue weighted by Gasteiger charge is 2.01. The van der Waals surface area contributed by atoms with Crippen LogP contribution < -0.4 is 0 Å². The fourth-order valence-corrected chi connectivity index (χ4v) is 2.18. The molecular weight excluding hydrogens is 356 g/mol. The second-order valence-corrected chi connectivity index (χ2v) is 5.11. The van der Waals surface area contributed by atoms with Crippen molar-refractivity contribution in [2.75, 3.05) is 0 Å². The van der Waals surface area contributed by atoms with Gasteiger partial charge in [0.2, 0.25) is 0 Å². The number of rotatable bonds is 0. The Morgan fingerprint density at radius 2 is 1.56 bits per heavy atom. The van der Waals surface area contributed by atoms with E-state index in [2.05, 4.69) is 41.8 Å². The number of aromatic nitrogens is 2. The van der Waals surface area contributed by atoms with Gasteiger partial charge in [0.1, 0.15) is 0 Å². The number of nitrogens with zero attached hydrogens (tertiary/aromatic N) is 2. The van der Waals surface area contributed by atoms with Gasteiger partial charge in [-0.3, -0.25) is 9.97 Å². The molecule has 0 radical (unpaired) electrons. The molecule has 0 unspecified atom stereocenters. The normalized spacial score (nSPS) is 9.67. The molecule has 3 aromatic rings. The molecule has 2 heterocycles. The van der Waals surface area contributed by atoms with Gasteiger partial charge in [-0.1, -0.05) is 18.2 Å². The van der Waals surface area contributed by atoms with Crippen LogP contribution in [0.25, 0.3) is 10.9 Å². The Balaban J connectivity index is 0.000000169. The van der Waals surface area contributed by atoms with Crippen molar-refractivity contribution >= 4 is 42.8 Å². The van der Waals surface area contributed by atoms with Crippen LogP contribution in [0.4, 0.5) is 0 Å². The number of pyridine rings is 2. The van der Waals surface area contributed by atoms with Crippen molar-refractivity contribution in [3.05, 3.63) is 70.0 Å². The van der Waals surface area contributed by atoms with Crippen LogP contribution in [0.3, 0.4) is 0 Å². The Hall–Kier alpha value is -1.26. The summed E-state index contributed by atoms with van der Waals surface area (Å²) in [7, 11) is 0. The Kier molecular flexibility index (Phi) is 4.84. The molecule has 0 bridgehead atoms. The van der Waals surface area contributed by atoms with Crippen molar-refractivity contribution in [3.8, 4) is 0 Å². The van der Waals surface area contributed by atoms with Gasteiger partial charge in [-0.2, -0.15) is 0 Å². The van der Waals surface area contributed by atoms with Gasteiger partial charge in [0.25, 0.3) is 0 Å². The van der Waals surface area contributed by atoms with E-state index in [1.165, 1.54) is 0 Å². The summed E-state index contributed by atoms with van der Waals surface area (Å²) < 4.78 is 2.05. The smallest absolute Gasteiger partial charge is 0.0855 e. The average molecular weight is 366 g/mol. The van der Waals surface area contributed by atoms with E-state index in [0.29, 0.717) is 0 Å². The van der Waals surface area contributed by atoms with Gasteiger partial charge in [-0.15, -0.1) is 0 Å². The minimum absolute atomic E-state index is 0.992. The summed E-state index contributed by atoms with van der Waals surface area (Å²) in [6.45, 7) is 0. The lowest BCUT2D eigenvalue weighted by Gasteiger charge is -2.00. The summed E-state index contributed by atoms with van der Waals surface area (Å²) in [6, 6.07) is 13.7. The van der Waals surface area contributed by atoms with Gasteiger partial charge in [-0.05, 0) is 56.1 Å². The van der Waals surface area contributed by atoms with Crippen LogP contribution in [0.1, 0.15) is 0 Å². The van der Waals surface area contributed by atoms with Crippen molar-refractivity contribution < 1.29 is 0 Å². The van der Waals surface area contributed by atoms with Crippen molar-refractivity contribution in [2.24, 2.45) is 0 Å². The monoisotopic (exact) mass is 364 g/mol. The molecule has 0 aliphatic heterocycles. The third-order valence-corrected chi connectivity index (χ3v) is 4.23. The number of halogens is 2. The fraction of sp³-hybridized carbons (Fsp3) is 0. The zero-order chi connectivity index (χ0) is 12.8. The molecule has 0 N–H and O–H groups in total. The zero-order valence-electron chi connectivity index (χ0n) is 9.42. The molecule has 18 heavy (non-hydrogen) atoms. The van der Waals surface area contributed by atoms with Crippen LogP contribution >= 0.6 is 31.9 Å². The van der Waals surface area contributed by atoms with Crippen molar-refractivity contribution in [1.82, 2.24) is 9.97 Å². The van der Waals surface area contributed by atoms with Crippen molar-refractivity contribution in [3.63, 3.8) is 0 Å². The second-order valence-electron chi connectivity index (χ2n) is 3.46. The van der Waals surface area contributed by atoms with Crippen LogP contribution in [-0.2, 0) is 0 Å². The first kappa shape index (κ1) is 13.2. The predicted molar refractivity (Wildman–Crippen MR) is 81.4 cm³/mol. The SMILES string of the molecule is Brc1ccc2cccnc2c1Br.c1ccncc1. The summed E-state index contributed by atoms with van der Waals surface area (Å²) in [4.78, 5) is 8.05. The number of benzene rings is 1. The van der Waals surface area contributed by atoms with Crippen molar-refractivity contribution in [2.45, 2.75) is 0 Å². The number of fused-ring (bicyclic) bond motifs is 1. The first-order chi connectivity index (χ1) is 8.79. The van der Waals surface area contributed by atoms with Gasteiger partial charge in [0.15, 0.2) is 0 Å². The van der Waals surface area contributed by atoms with Crippen LogP contribution in [-0.4, -0.2) is 9.97 Å². The second kappa shape index (κ2) is 6.61. The molecule has 2 aromatic heterocycles. The third kappa shape index (κ3) is 3.37. The summed E-state index contributed by atoms with van der Waals surface area (Å²) in [6.07, 6.45) is 5.29. The summed E-state index contributed by atoms with van der Waals surface area (Å²) in [5, 5.41) is 1.15. The van der Waals surface area contributed by atoms with E-state index in [0.717, 1.165) is 19.8 Å². The lowest BCUT2D eigenvalue weighted by Crippen LogP contribution is -1.79. The number of hydrogen-bond acceptors (Lipinski definition) is 2. The molecule has 0 aliphatic rings. The Labute approximate surface area is 122 Å². The molecule has 0 amide bonds. The van der Waals surface area contributed by atoms with Gasteiger partial charge in [0.05, 0.1) is 9.99 Å². The Morgan fingerprint density at radius 3 is 2.17 bits per heavy atom. The van der Waals surface area contributed by atoms with Crippen LogP contribution in [0, 0.1) is 0 Å². The van der Waals surface area contributed by atoms with Crippen LogP contribution in [0.5, 0.6) is 0 Å². The minimum Gasteiger partial charge on any atom is -0.265 e. The summed E-state index contributed by atoms with van der Waals surface area (Å²) in [5.41, 5.74) is 0.992. The maximum Gasteiger partial charge on any atom is 0.0855 e. The quantitative estimate of drug-likeness (QED) is 0.569. The van der Waals surface area contributed by atoms with E-state index < -0.39 is 0 Å². The molecule has 0 fully saturated rings. The zero-order valence-corrected chi connectivity index (χ0v) is 12.6. The molecule has 0 spiro atoms. The maximum absolute atomic E-state index is 4.26. The van der Waals surface area contributed by atoms with Gasteiger partial charge >= 0.3 is 0 Å². The molecular formula is C14H10Br2N2. The first-order valence-corrected chi connectivity index (χ1v) is 6.91. The molecule has 3 rings (SSSR count). The van der Waals surface area contributed by atoms with E-state index in [-0.39, 0.29) is 0 Å². The molecule has 0 saturated carbocycles. The van der Waals surface area contributed by atoms with E-state index >= 15 is 0 Å². The summed E-state index contributed by atoms with van der Waals surface area (Å²) in [5.74, 6) is 0. The van der Waals surface area contributed by atoms with Gasteiger partial charge in [-0.25, -0.2) is 0 Å². The highest BCUT2D eigenvalue weighted by Crippen LogP contribution is 2.29. The molecule has 0 saturated heterocycles. The summed E-state index contributed by atoms with van der Waals surface area (Å²) >= 11 is 6.90. The van der Waals surface area contributed by atoms with E-state index in [9.17, 15) is 0 Å². The molecule has 2 nitrogen and oxygen atoms in total. The highest BCUT2D eigenvalue weighted by atomic mass is 79.9. The minimum atomic E-state index is 0.992. The average Bonchev–Trinajstić information content (AvgIpc) is 2.46. The predicted octanol–water partition coefficient (Wildman–Crippen LogP) is 4.84. The van der Waals surface area contributed by atoms with Gasteiger partial charge < -0.3 is 0 Å². The van der Waals surface area contributed by atoms with Crippen LogP contribution in [0.15, 0.2) is 70.0 Å². The van der Waals surface area contributed by atoms with Crippen LogP contribution in [0.2, 0.25) is 0 Å². The molecule has 90 valence electrons. The van der Waals surface area contributed by atoms with Crippen molar-refractivity contribution in [1.29, 1.82) is 0 Å². The lowest BCUT2D eigenvalue weighted by atomic mass is 10.2. The van der Waals surface area contributed by atoms with E-state index in [4.69, 9.17) is 0 Å². The molecule has 0 aliphatic carbocycles. The first-order valence-electron chi connectivity index (χ1n) is 5.33. The maximum atomic E-state index is 4.26. The van der Waals surface area contributed by atoms with Gasteiger partial charge in [0, 0.05) is 28.4 Å². The highest BCUT2D eigenvalue weighted by molar-refractivity contribution is 9.13. The van der Waals surface area contributed by atoms with E-state index in [1.807, 2.05) is 42.5 Å². The lowest BCUT2D eigenvalue weighted by molar-refractivity contribution is 1.33. The van der Waals surface area contributed by atoms with E-state index in [1.54, 1.807) is 18.6 Å². The fourth-order valence-electron chi connectivity index (χ4n) is 1.40. The molecule has 0 atom stereocenters. The topological polar surface area (TPSA) is 25.8 Å². The Bertz CT molecular complexity index is 600. The molecule has 1 aromatic carbocycles.